The number of halogens is 6. The predicted molar refractivity (Wildman–Crippen MR) is 143 cm³/mol. The van der Waals surface area contributed by atoms with Crippen molar-refractivity contribution in [2.45, 2.75) is 32.3 Å². The average Bonchev–Trinajstić information content (AvgIpc) is 3.41. The molecule has 2 aromatic carbocycles. The summed E-state index contributed by atoms with van der Waals surface area (Å²) in [6, 6.07) is 5.98. The smallest absolute Gasteiger partial charge is 0.433 e. The summed E-state index contributed by atoms with van der Waals surface area (Å²) >= 11 is 0. The summed E-state index contributed by atoms with van der Waals surface area (Å²) in [7, 11) is 1.08. The van der Waals surface area contributed by atoms with E-state index in [4.69, 9.17) is 4.74 Å². The second kappa shape index (κ2) is 11.9. The van der Waals surface area contributed by atoms with E-state index in [9.17, 15) is 41.0 Å². The highest BCUT2D eigenvalue weighted by atomic mass is 19.4. The zero-order valence-electron chi connectivity index (χ0n) is 23.3. The molecule has 9 nitrogen and oxygen atoms in total. The van der Waals surface area contributed by atoms with Crippen molar-refractivity contribution in [1.82, 2.24) is 24.4 Å². The summed E-state index contributed by atoms with van der Waals surface area (Å²) in [5, 5.41) is 13.2. The highest BCUT2D eigenvalue weighted by Gasteiger charge is 2.41. The van der Waals surface area contributed by atoms with Crippen LogP contribution >= 0.6 is 0 Å². The fourth-order valence-corrected chi connectivity index (χ4v) is 5.29. The number of fused-ring (bicyclic) bond motifs is 1. The summed E-state index contributed by atoms with van der Waals surface area (Å²) < 4.78 is 90.1. The van der Waals surface area contributed by atoms with E-state index >= 15 is 0 Å². The van der Waals surface area contributed by atoms with Gasteiger partial charge in [-0.15, -0.1) is 0 Å². The number of carbonyl (C=O) groups is 2. The van der Waals surface area contributed by atoms with Crippen molar-refractivity contribution in [3.05, 3.63) is 88.0 Å². The van der Waals surface area contributed by atoms with Crippen molar-refractivity contribution in [3.63, 3.8) is 0 Å². The van der Waals surface area contributed by atoms with E-state index in [1.54, 1.807) is 0 Å². The van der Waals surface area contributed by atoms with Crippen molar-refractivity contribution in [2.75, 3.05) is 26.7 Å². The first-order valence-corrected chi connectivity index (χ1v) is 13.2. The number of alkyl halides is 3. The SMILES string of the molecule is COC(=O)[C@@H]1CN(Cc2cc(F)cc(F)c2F)CCN1C(=O)c1cnn2c(C(F)(F)F)c(C)c(-c3ccc(CO)cc3)nc12. The Hall–Kier alpha value is -4.50. The lowest BCUT2D eigenvalue weighted by Gasteiger charge is -2.39. The van der Waals surface area contributed by atoms with Crippen molar-refractivity contribution in [3.8, 4) is 11.3 Å². The number of nitrogens with zero attached hydrogens (tertiary/aromatic N) is 5. The Kier molecular flexibility index (Phi) is 8.36. The Morgan fingerprint density at radius 2 is 1.80 bits per heavy atom. The first-order chi connectivity index (χ1) is 20.8. The highest BCUT2D eigenvalue weighted by Crippen LogP contribution is 2.37. The highest BCUT2D eigenvalue weighted by molar-refractivity contribution is 6.02. The van der Waals surface area contributed by atoms with Gasteiger partial charge in [0.15, 0.2) is 23.0 Å². The molecule has 1 aliphatic rings. The topological polar surface area (TPSA) is 100 Å². The maximum Gasteiger partial charge on any atom is 0.433 e. The number of rotatable bonds is 6. The van der Waals surface area contributed by atoms with Crippen LogP contribution < -0.4 is 0 Å². The molecule has 4 aromatic rings. The summed E-state index contributed by atoms with van der Waals surface area (Å²) in [4.78, 5) is 33.6. The molecule has 2 aromatic heterocycles. The molecule has 15 heteroatoms. The standard InChI is InChI=1S/C29H25F6N5O4/c1-15-24(17-5-3-16(14-41)4-6-17)37-26-20(11-36-40(26)25(15)29(33,34)35)27(42)39-8-7-38(13-22(39)28(43)44-2)12-18-9-19(30)10-21(31)23(18)32/h3-6,9-11,22,41H,7-8,12-14H2,1-2H3/t22-/m0/s1. The third-order valence-electron chi connectivity index (χ3n) is 7.45. The number of hydrogen-bond donors (Lipinski definition) is 1. The molecule has 0 spiro atoms. The quantitative estimate of drug-likeness (QED) is 0.196. The van der Waals surface area contributed by atoms with E-state index in [2.05, 4.69) is 10.1 Å². The number of amides is 1. The Bertz CT molecular complexity index is 1740. The van der Waals surface area contributed by atoms with Gasteiger partial charge in [-0.1, -0.05) is 24.3 Å². The molecular weight excluding hydrogens is 596 g/mol. The molecule has 1 amide bonds. The minimum Gasteiger partial charge on any atom is -0.467 e. The van der Waals surface area contributed by atoms with E-state index < -0.39 is 52.9 Å². The van der Waals surface area contributed by atoms with Gasteiger partial charge in [0.05, 0.1) is 25.6 Å². The number of benzene rings is 2. The maximum absolute atomic E-state index is 14.3. The Morgan fingerprint density at radius 3 is 2.43 bits per heavy atom. The van der Waals surface area contributed by atoms with Gasteiger partial charge in [-0.25, -0.2) is 27.5 Å². The summed E-state index contributed by atoms with van der Waals surface area (Å²) in [5.74, 6) is -5.35. The van der Waals surface area contributed by atoms with Gasteiger partial charge in [0, 0.05) is 48.9 Å². The zero-order chi connectivity index (χ0) is 31.9. The van der Waals surface area contributed by atoms with Crippen LogP contribution in [0.3, 0.4) is 0 Å². The van der Waals surface area contributed by atoms with Crippen molar-refractivity contribution in [2.24, 2.45) is 0 Å². The molecule has 1 atom stereocenters. The van der Waals surface area contributed by atoms with Crippen molar-refractivity contribution >= 4 is 17.5 Å². The number of aliphatic hydroxyl groups is 1. The molecule has 0 radical (unpaired) electrons. The van der Waals surface area contributed by atoms with Crippen LogP contribution in [0.1, 0.15) is 32.7 Å². The molecule has 232 valence electrons. The van der Waals surface area contributed by atoms with Crippen molar-refractivity contribution in [1.29, 1.82) is 0 Å². The van der Waals surface area contributed by atoms with Gasteiger partial charge in [0.1, 0.15) is 17.4 Å². The largest absolute Gasteiger partial charge is 0.467 e. The number of hydrogen-bond acceptors (Lipinski definition) is 7. The molecule has 1 aliphatic heterocycles. The Balaban J connectivity index is 1.53. The normalized spacial score (nSPS) is 16.0. The lowest BCUT2D eigenvalue weighted by atomic mass is 10.0. The van der Waals surface area contributed by atoms with Crippen LogP contribution in [-0.4, -0.2) is 74.2 Å². The lowest BCUT2D eigenvalue weighted by molar-refractivity contribution is -0.148. The first kappa shape index (κ1) is 30.9. The molecule has 0 unspecified atom stereocenters. The van der Waals surface area contributed by atoms with Gasteiger partial charge >= 0.3 is 12.1 Å². The van der Waals surface area contributed by atoms with Gasteiger partial charge in [-0.3, -0.25) is 9.69 Å². The molecule has 0 bridgehead atoms. The number of aromatic nitrogens is 3. The van der Waals surface area contributed by atoms with Crippen LogP contribution in [0.25, 0.3) is 16.9 Å². The number of piperazine rings is 1. The van der Waals surface area contributed by atoms with E-state index in [-0.39, 0.29) is 55.2 Å². The number of esters is 1. The third kappa shape index (κ3) is 5.71. The second-order valence-corrected chi connectivity index (χ2v) is 10.2. The zero-order valence-corrected chi connectivity index (χ0v) is 23.3. The first-order valence-electron chi connectivity index (χ1n) is 13.2. The summed E-state index contributed by atoms with van der Waals surface area (Å²) in [6.45, 7) is 0.303. The minimum absolute atomic E-state index is 0.0266. The van der Waals surface area contributed by atoms with Gasteiger partial charge in [-0.2, -0.15) is 18.3 Å². The van der Waals surface area contributed by atoms with Crippen LogP contribution in [0.4, 0.5) is 26.3 Å². The van der Waals surface area contributed by atoms with E-state index in [0.717, 1.165) is 24.3 Å². The average molecular weight is 622 g/mol. The van der Waals surface area contributed by atoms with Crippen LogP contribution in [0.2, 0.25) is 0 Å². The lowest BCUT2D eigenvalue weighted by Crippen LogP contribution is -2.58. The Labute approximate surface area is 246 Å². The third-order valence-corrected chi connectivity index (χ3v) is 7.45. The van der Waals surface area contributed by atoms with E-state index in [1.165, 1.54) is 36.1 Å². The number of aliphatic hydroxyl groups excluding tert-OH is 1. The van der Waals surface area contributed by atoms with Gasteiger partial charge < -0.3 is 14.7 Å². The second-order valence-electron chi connectivity index (χ2n) is 10.2. The van der Waals surface area contributed by atoms with Crippen molar-refractivity contribution < 1.29 is 45.8 Å². The number of ether oxygens (including phenoxy) is 1. The number of carbonyl (C=O) groups excluding carboxylic acids is 2. The summed E-state index contributed by atoms with van der Waals surface area (Å²) in [6.07, 6.45) is -3.95. The van der Waals surface area contributed by atoms with Gasteiger partial charge in [0.25, 0.3) is 5.91 Å². The van der Waals surface area contributed by atoms with Crippen LogP contribution in [0.15, 0.2) is 42.6 Å². The minimum atomic E-state index is -4.89. The molecule has 3 heterocycles. The Morgan fingerprint density at radius 1 is 1.09 bits per heavy atom. The molecule has 0 aliphatic carbocycles. The fourth-order valence-electron chi connectivity index (χ4n) is 5.29. The van der Waals surface area contributed by atoms with Gasteiger partial charge in [-0.05, 0) is 18.6 Å². The van der Waals surface area contributed by atoms with Gasteiger partial charge in [0.2, 0.25) is 0 Å². The van der Waals surface area contributed by atoms with Crippen LogP contribution in [0, 0.1) is 24.4 Å². The maximum atomic E-state index is 14.3. The molecule has 1 fully saturated rings. The molecule has 5 rings (SSSR count). The summed E-state index contributed by atoms with van der Waals surface area (Å²) in [5.41, 5.74) is -1.65. The van der Waals surface area contributed by atoms with E-state index in [1.807, 2.05) is 0 Å². The van der Waals surface area contributed by atoms with Crippen LogP contribution in [0.5, 0.6) is 0 Å². The molecule has 1 N–H and O–H groups in total. The predicted octanol–water partition coefficient (Wildman–Crippen LogP) is 4.13. The number of methoxy groups -OCH3 is 1. The monoisotopic (exact) mass is 621 g/mol. The molecule has 1 saturated heterocycles. The fraction of sp³-hybridized carbons (Fsp3) is 0.310. The van der Waals surface area contributed by atoms with E-state index in [0.29, 0.717) is 21.7 Å². The van der Waals surface area contributed by atoms with Crippen LogP contribution in [-0.2, 0) is 28.9 Å². The molecule has 44 heavy (non-hydrogen) atoms. The molecular formula is C29H25F6N5O4. The molecule has 0 saturated carbocycles.